The van der Waals surface area contributed by atoms with Crippen LogP contribution >= 0.6 is 11.6 Å². The van der Waals surface area contributed by atoms with Crippen LogP contribution in [0.15, 0.2) is 18.2 Å². The van der Waals surface area contributed by atoms with E-state index in [-0.39, 0.29) is 11.2 Å². The first-order valence-corrected chi connectivity index (χ1v) is 8.29. The number of halogens is 2. The van der Waals surface area contributed by atoms with Gasteiger partial charge in [0.2, 0.25) is 0 Å². The Labute approximate surface area is 130 Å². The molecule has 1 aromatic heterocycles. The molecule has 0 saturated heterocycles. The van der Waals surface area contributed by atoms with Crippen LogP contribution in [0.25, 0.3) is 11.0 Å². The minimum atomic E-state index is -0.214. The molecule has 0 spiro atoms. The third-order valence-corrected chi connectivity index (χ3v) is 5.00. The van der Waals surface area contributed by atoms with Crippen molar-refractivity contribution in [3.8, 4) is 0 Å². The minimum absolute atomic E-state index is 0.167. The van der Waals surface area contributed by atoms with Crippen LogP contribution in [0.5, 0.6) is 0 Å². The Morgan fingerprint density at radius 3 is 2.86 bits per heavy atom. The van der Waals surface area contributed by atoms with Crippen molar-refractivity contribution in [2.24, 2.45) is 11.8 Å². The van der Waals surface area contributed by atoms with Gasteiger partial charge in [-0.15, -0.1) is 11.6 Å². The van der Waals surface area contributed by atoms with E-state index >= 15 is 0 Å². The van der Waals surface area contributed by atoms with Gasteiger partial charge in [0.15, 0.2) is 0 Å². The molecule has 2 aromatic rings. The van der Waals surface area contributed by atoms with E-state index in [9.17, 15) is 4.39 Å². The minimum Gasteiger partial charge on any atom is -0.326 e. The van der Waals surface area contributed by atoms with Gasteiger partial charge < -0.3 is 4.57 Å². The van der Waals surface area contributed by atoms with Crippen LogP contribution in [0, 0.1) is 17.7 Å². The smallest absolute Gasteiger partial charge is 0.127 e. The van der Waals surface area contributed by atoms with Gasteiger partial charge in [0.1, 0.15) is 11.6 Å². The summed E-state index contributed by atoms with van der Waals surface area (Å²) in [5, 5.41) is -0.167. The van der Waals surface area contributed by atoms with E-state index in [0.717, 1.165) is 23.4 Å². The highest BCUT2D eigenvalue weighted by Gasteiger charge is 2.24. The third kappa shape index (κ3) is 2.94. The number of fused-ring (bicyclic) bond motifs is 1. The van der Waals surface area contributed by atoms with E-state index in [2.05, 4.69) is 16.5 Å². The number of rotatable bonds is 3. The quantitative estimate of drug-likeness (QED) is 0.703. The lowest BCUT2D eigenvalue weighted by molar-refractivity contribution is 0.228. The van der Waals surface area contributed by atoms with Crippen LogP contribution in [-0.4, -0.2) is 9.55 Å². The Bertz CT molecular complexity index is 635. The Morgan fingerprint density at radius 2 is 2.14 bits per heavy atom. The molecule has 3 atom stereocenters. The van der Waals surface area contributed by atoms with E-state index in [4.69, 9.17) is 11.6 Å². The third-order valence-electron chi connectivity index (χ3n) is 4.80. The van der Waals surface area contributed by atoms with Gasteiger partial charge in [-0.3, -0.25) is 0 Å². The van der Waals surface area contributed by atoms with Gasteiger partial charge >= 0.3 is 0 Å². The summed E-state index contributed by atoms with van der Waals surface area (Å²) in [4.78, 5) is 4.61. The first-order chi connectivity index (χ1) is 10.1. The lowest BCUT2D eigenvalue weighted by atomic mass is 9.80. The highest BCUT2D eigenvalue weighted by molar-refractivity contribution is 6.20. The molecule has 3 unspecified atom stereocenters. The van der Waals surface area contributed by atoms with Crippen LogP contribution < -0.4 is 0 Å². The second kappa shape index (κ2) is 5.96. The summed E-state index contributed by atoms with van der Waals surface area (Å²) in [6.07, 6.45) is 5.15. The van der Waals surface area contributed by atoms with Crippen molar-refractivity contribution in [2.45, 2.75) is 51.5 Å². The number of alkyl halides is 1. The fourth-order valence-electron chi connectivity index (χ4n) is 3.51. The Balaban J connectivity index is 2.02. The number of hydrogen-bond donors (Lipinski definition) is 0. The van der Waals surface area contributed by atoms with Gasteiger partial charge in [-0.2, -0.15) is 0 Å². The van der Waals surface area contributed by atoms with Crippen molar-refractivity contribution >= 4 is 22.6 Å². The zero-order valence-corrected chi connectivity index (χ0v) is 13.4. The summed E-state index contributed by atoms with van der Waals surface area (Å²) in [6.45, 7) is 5.15. The SMILES string of the molecule is CC(Cl)c1nc2ccc(F)cc2n1CC1CCCCC1C. The van der Waals surface area contributed by atoms with Crippen molar-refractivity contribution in [3.63, 3.8) is 0 Å². The molecule has 0 radical (unpaired) electrons. The fraction of sp³-hybridized carbons (Fsp3) is 0.588. The van der Waals surface area contributed by atoms with Gasteiger partial charge in [-0.1, -0.05) is 26.2 Å². The molecule has 0 aliphatic heterocycles. The average Bonchev–Trinajstić information content (AvgIpc) is 2.80. The van der Waals surface area contributed by atoms with E-state index in [0.29, 0.717) is 11.8 Å². The summed E-state index contributed by atoms with van der Waals surface area (Å²) < 4.78 is 15.7. The summed E-state index contributed by atoms with van der Waals surface area (Å²) in [7, 11) is 0. The molecule has 1 aliphatic rings. The van der Waals surface area contributed by atoms with E-state index in [1.165, 1.54) is 31.7 Å². The highest BCUT2D eigenvalue weighted by Crippen LogP contribution is 2.33. The van der Waals surface area contributed by atoms with Crippen molar-refractivity contribution in [2.75, 3.05) is 0 Å². The molecule has 1 aromatic carbocycles. The van der Waals surface area contributed by atoms with Crippen molar-refractivity contribution in [1.29, 1.82) is 0 Å². The van der Waals surface area contributed by atoms with Crippen LogP contribution in [0.1, 0.15) is 50.7 Å². The normalized spacial score (nSPS) is 24.4. The van der Waals surface area contributed by atoms with E-state index in [1.54, 1.807) is 12.1 Å². The molecule has 1 saturated carbocycles. The molecular formula is C17H22ClFN2. The molecule has 114 valence electrons. The molecule has 4 heteroatoms. The Hall–Kier alpha value is -1.09. The predicted octanol–water partition coefficient (Wildman–Crippen LogP) is 5.30. The lowest BCUT2D eigenvalue weighted by Gasteiger charge is -2.29. The lowest BCUT2D eigenvalue weighted by Crippen LogP contribution is -2.23. The van der Waals surface area contributed by atoms with Crippen LogP contribution in [0.3, 0.4) is 0 Å². The monoisotopic (exact) mass is 308 g/mol. The summed E-state index contributed by atoms with van der Waals surface area (Å²) >= 11 is 6.30. The first-order valence-electron chi connectivity index (χ1n) is 7.86. The van der Waals surface area contributed by atoms with Gasteiger partial charge in [0.05, 0.1) is 16.4 Å². The second-order valence-electron chi connectivity index (χ2n) is 6.35. The molecule has 0 amide bonds. The molecule has 2 nitrogen and oxygen atoms in total. The molecular weight excluding hydrogens is 287 g/mol. The number of nitrogens with zero attached hydrogens (tertiary/aromatic N) is 2. The van der Waals surface area contributed by atoms with Gasteiger partial charge in [0, 0.05) is 6.54 Å². The summed E-state index contributed by atoms with van der Waals surface area (Å²) in [5.74, 6) is 1.99. The maximum absolute atomic E-state index is 13.6. The molecule has 0 N–H and O–H groups in total. The fourth-order valence-corrected chi connectivity index (χ4v) is 3.68. The predicted molar refractivity (Wildman–Crippen MR) is 85.1 cm³/mol. The molecule has 21 heavy (non-hydrogen) atoms. The van der Waals surface area contributed by atoms with Crippen LogP contribution in [0.2, 0.25) is 0 Å². The Morgan fingerprint density at radius 1 is 1.38 bits per heavy atom. The van der Waals surface area contributed by atoms with Crippen molar-refractivity contribution < 1.29 is 4.39 Å². The largest absolute Gasteiger partial charge is 0.326 e. The molecule has 1 fully saturated rings. The number of imidazole rings is 1. The average molecular weight is 309 g/mol. The molecule has 0 bridgehead atoms. The summed E-state index contributed by atoms with van der Waals surface area (Å²) in [5.41, 5.74) is 1.71. The van der Waals surface area contributed by atoms with Gasteiger partial charge in [-0.05, 0) is 43.4 Å². The number of aromatic nitrogens is 2. The Kier molecular flexibility index (Phi) is 4.21. The first kappa shape index (κ1) is 14.8. The highest BCUT2D eigenvalue weighted by atomic mass is 35.5. The maximum atomic E-state index is 13.6. The summed E-state index contributed by atoms with van der Waals surface area (Å²) in [6, 6.07) is 4.79. The molecule has 3 rings (SSSR count). The standard InChI is InChI=1S/C17H22ClFN2/c1-11-5-3-4-6-13(11)10-21-16-9-14(19)7-8-15(16)20-17(21)12(2)18/h7-9,11-13H,3-6,10H2,1-2H3. The zero-order chi connectivity index (χ0) is 15.0. The van der Waals surface area contributed by atoms with E-state index in [1.807, 2.05) is 6.92 Å². The topological polar surface area (TPSA) is 17.8 Å². The van der Waals surface area contributed by atoms with Gasteiger partial charge in [-0.25, -0.2) is 9.37 Å². The van der Waals surface area contributed by atoms with Crippen LogP contribution in [0.4, 0.5) is 4.39 Å². The molecule has 1 heterocycles. The number of benzene rings is 1. The van der Waals surface area contributed by atoms with Crippen molar-refractivity contribution in [1.82, 2.24) is 9.55 Å². The number of hydrogen-bond acceptors (Lipinski definition) is 1. The van der Waals surface area contributed by atoms with Crippen molar-refractivity contribution in [3.05, 3.63) is 29.8 Å². The van der Waals surface area contributed by atoms with Crippen LogP contribution in [-0.2, 0) is 6.54 Å². The van der Waals surface area contributed by atoms with Gasteiger partial charge in [0.25, 0.3) is 0 Å². The molecule has 1 aliphatic carbocycles. The zero-order valence-electron chi connectivity index (χ0n) is 12.6. The van der Waals surface area contributed by atoms with E-state index < -0.39 is 0 Å². The second-order valence-corrected chi connectivity index (χ2v) is 7.01. The maximum Gasteiger partial charge on any atom is 0.127 e.